The van der Waals surface area contributed by atoms with Gasteiger partial charge in [-0.2, -0.15) is 0 Å². The number of carbonyl (C=O) groups is 1. The summed E-state index contributed by atoms with van der Waals surface area (Å²) in [5.41, 5.74) is 1.38. The van der Waals surface area contributed by atoms with Crippen LogP contribution in [-0.4, -0.2) is 6.29 Å². The molecule has 0 bridgehead atoms. The third-order valence-electron chi connectivity index (χ3n) is 3.20. The molecule has 0 saturated heterocycles. The second-order valence-electron chi connectivity index (χ2n) is 4.93. The van der Waals surface area contributed by atoms with Gasteiger partial charge in [0.1, 0.15) is 6.29 Å². The normalized spacial score (nSPS) is 33.7. The summed E-state index contributed by atoms with van der Waals surface area (Å²) in [7, 11) is 0. The molecule has 3 unspecified atom stereocenters. The number of rotatable bonds is 4. The van der Waals surface area contributed by atoms with Crippen molar-refractivity contribution in [2.75, 3.05) is 0 Å². The van der Waals surface area contributed by atoms with Gasteiger partial charge in [0, 0.05) is 5.41 Å². The number of hydrogen-bond donors (Lipinski definition) is 0. The molecule has 3 atom stereocenters. The van der Waals surface area contributed by atoms with Crippen molar-refractivity contribution in [2.24, 2.45) is 17.3 Å². The number of allylic oxidation sites excluding steroid dienone is 2. The summed E-state index contributed by atoms with van der Waals surface area (Å²) in [5.74, 6) is 1.28. The van der Waals surface area contributed by atoms with Crippen LogP contribution in [-0.2, 0) is 4.79 Å². The van der Waals surface area contributed by atoms with Gasteiger partial charge in [-0.05, 0) is 38.5 Å². The quantitative estimate of drug-likeness (QED) is 0.479. The summed E-state index contributed by atoms with van der Waals surface area (Å²) >= 11 is 0. The van der Waals surface area contributed by atoms with E-state index < -0.39 is 0 Å². The maximum absolute atomic E-state index is 10.7. The van der Waals surface area contributed by atoms with Crippen LogP contribution in [0.4, 0.5) is 0 Å². The molecule has 1 aliphatic rings. The van der Waals surface area contributed by atoms with E-state index in [1.807, 2.05) is 0 Å². The van der Waals surface area contributed by atoms with Gasteiger partial charge >= 0.3 is 0 Å². The Labute approximate surface area is 81.2 Å². The van der Waals surface area contributed by atoms with Crippen LogP contribution in [0.25, 0.3) is 0 Å². The first-order chi connectivity index (χ1) is 5.99. The Morgan fingerprint density at radius 2 is 2.23 bits per heavy atom. The zero-order chi connectivity index (χ0) is 10.1. The van der Waals surface area contributed by atoms with E-state index in [9.17, 15) is 4.79 Å². The first kappa shape index (κ1) is 10.5. The Hall–Kier alpha value is -0.590. The summed E-state index contributed by atoms with van der Waals surface area (Å²) in [5, 5.41) is 0. The lowest BCUT2D eigenvalue weighted by Crippen LogP contribution is -2.06. The van der Waals surface area contributed by atoms with E-state index in [1.54, 1.807) is 0 Å². The molecular weight excluding hydrogens is 160 g/mol. The SMILES string of the molecule is CC(C)=CCC(C)C1CC1(C)C=O. The van der Waals surface area contributed by atoms with Crippen LogP contribution in [0.2, 0.25) is 0 Å². The first-order valence-electron chi connectivity index (χ1n) is 5.09. The maximum atomic E-state index is 10.7. The van der Waals surface area contributed by atoms with Crippen molar-refractivity contribution in [3.8, 4) is 0 Å². The van der Waals surface area contributed by atoms with Crippen LogP contribution in [0.3, 0.4) is 0 Å². The highest BCUT2D eigenvalue weighted by molar-refractivity contribution is 5.64. The van der Waals surface area contributed by atoms with Crippen molar-refractivity contribution in [3.63, 3.8) is 0 Å². The lowest BCUT2D eigenvalue weighted by atomic mass is 9.95. The summed E-state index contributed by atoms with van der Waals surface area (Å²) in [4.78, 5) is 10.7. The molecule has 0 aromatic heterocycles. The molecule has 74 valence electrons. The minimum absolute atomic E-state index is 0.00883. The van der Waals surface area contributed by atoms with Crippen LogP contribution in [0.5, 0.6) is 0 Å². The van der Waals surface area contributed by atoms with Gasteiger partial charge < -0.3 is 4.79 Å². The Bertz CT molecular complexity index is 225. The lowest BCUT2D eigenvalue weighted by molar-refractivity contribution is -0.112. The summed E-state index contributed by atoms with van der Waals surface area (Å²) in [6, 6.07) is 0. The van der Waals surface area contributed by atoms with E-state index in [4.69, 9.17) is 0 Å². The molecule has 0 N–H and O–H groups in total. The maximum Gasteiger partial charge on any atom is 0.126 e. The van der Waals surface area contributed by atoms with Gasteiger partial charge in [-0.3, -0.25) is 0 Å². The molecule has 1 saturated carbocycles. The van der Waals surface area contributed by atoms with Crippen LogP contribution < -0.4 is 0 Å². The van der Waals surface area contributed by atoms with E-state index in [-0.39, 0.29) is 5.41 Å². The third kappa shape index (κ3) is 2.43. The topological polar surface area (TPSA) is 17.1 Å². The largest absolute Gasteiger partial charge is 0.303 e. The fraction of sp³-hybridized carbons (Fsp3) is 0.750. The Kier molecular flexibility index (Phi) is 2.94. The minimum Gasteiger partial charge on any atom is -0.303 e. The van der Waals surface area contributed by atoms with Gasteiger partial charge in [-0.1, -0.05) is 25.5 Å². The monoisotopic (exact) mass is 180 g/mol. The van der Waals surface area contributed by atoms with Gasteiger partial charge in [0.15, 0.2) is 0 Å². The number of carbonyl (C=O) groups excluding carboxylic acids is 1. The molecule has 0 radical (unpaired) electrons. The summed E-state index contributed by atoms with van der Waals surface area (Å²) in [6.07, 6.45) is 5.62. The molecular formula is C12H20O. The van der Waals surface area contributed by atoms with Gasteiger partial charge in [0.2, 0.25) is 0 Å². The zero-order valence-electron chi connectivity index (χ0n) is 9.13. The molecule has 0 aromatic carbocycles. The predicted octanol–water partition coefficient (Wildman–Crippen LogP) is 3.20. The Balaban J connectivity index is 2.39. The van der Waals surface area contributed by atoms with Crippen molar-refractivity contribution in [3.05, 3.63) is 11.6 Å². The Morgan fingerprint density at radius 3 is 2.62 bits per heavy atom. The van der Waals surface area contributed by atoms with Crippen molar-refractivity contribution in [1.29, 1.82) is 0 Å². The standard InChI is InChI=1S/C12H20O/c1-9(2)5-6-10(3)11-7-12(11,4)8-13/h5,8,10-11H,6-7H2,1-4H3. The minimum atomic E-state index is 0.00883. The fourth-order valence-corrected chi connectivity index (χ4v) is 1.99. The van der Waals surface area contributed by atoms with Crippen molar-refractivity contribution >= 4 is 6.29 Å². The molecule has 0 amide bonds. The van der Waals surface area contributed by atoms with Gasteiger partial charge in [-0.25, -0.2) is 0 Å². The molecule has 1 heteroatoms. The Morgan fingerprint density at radius 1 is 1.62 bits per heavy atom. The average Bonchev–Trinajstić information content (AvgIpc) is 2.75. The van der Waals surface area contributed by atoms with E-state index in [1.165, 1.54) is 5.57 Å². The molecule has 0 aliphatic heterocycles. The second-order valence-corrected chi connectivity index (χ2v) is 4.93. The van der Waals surface area contributed by atoms with Crippen LogP contribution in [0, 0.1) is 17.3 Å². The molecule has 0 spiro atoms. The molecule has 0 aromatic rings. The van der Waals surface area contributed by atoms with E-state index in [2.05, 4.69) is 33.8 Å². The molecule has 0 heterocycles. The molecule has 13 heavy (non-hydrogen) atoms. The molecule has 1 rings (SSSR count). The van der Waals surface area contributed by atoms with Gasteiger partial charge in [-0.15, -0.1) is 0 Å². The summed E-state index contributed by atoms with van der Waals surface area (Å²) < 4.78 is 0. The lowest BCUT2D eigenvalue weighted by Gasteiger charge is -2.09. The van der Waals surface area contributed by atoms with E-state index in [0.29, 0.717) is 11.8 Å². The van der Waals surface area contributed by atoms with Crippen molar-refractivity contribution < 1.29 is 4.79 Å². The number of aldehydes is 1. The van der Waals surface area contributed by atoms with Gasteiger partial charge in [0.05, 0.1) is 0 Å². The first-order valence-corrected chi connectivity index (χ1v) is 5.09. The molecule has 1 aliphatic carbocycles. The van der Waals surface area contributed by atoms with Crippen LogP contribution in [0.1, 0.15) is 40.5 Å². The smallest absolute Gasteiger partial charge is 0.126 e. The third-order valence-corrected chi connectivity index (χ3v) is 3.20. The van der Waals surface area contributed by atoms with E-state index in [0.717, 1.165) is 19.1 Å². The van der Waals surface area contributed by atoms with Gasteiger partial charge in [0.25, 0.3) is 0 Å². The highest BCUT2D eigenvalue weighted by Gasteiger charge is 2.52. The van der Waals surface area contributed by atoms with E-state index >= 15 is 0 Å². The van der Waals surface area contributed by atoms with Crippen molar-refractivity contribution in [2.45, 2.75) is 40.5 Å². The second kappa shape index (κ2) is 3.65. The van der Waals surface area contributed by atoms with Crippen molar-refractivity contribution in [1.82, 2.24) is 0 Å². The zero-order valence-corrected chi connectivity index (χ0v) is 9.13. The summed E-state index contributed by atoms with van der Waals surface area (Å²) in [6.45, 7) is 8.57. The average molecular weight is 180 g/mol. The molecule has 1 fully saturated rings. The highest BCUT2D eigenvalue weighted by Crippen LogP contribution is 2.55. The van der Waals surface area contributed by atoms with Crippen LogP contribution >= 0.6 is 0 Å². The highest BCUT2D eigenvalue weighted by atomic mass is 16.1. The van der Waals surface area contributed by atoms with Crippen LogP contribution in [0.15, 0.2) is 11.6 Å². The fourth-order valence-electron chi connectivity index (χ4n) is 1.99. The number of hydrogen-bond acceptors (Lipinski definition) is 1. The predicted molar refractivity (Wildman–Crippen MR) is 55.5 cm³/mol. The molecule has 1 nitrogen and oxygen atoms in total.